The Morgan fingerprint density at radius 1 is 1.19 bits per heavy atom. The zero-order chi connectivity index (χ0) is 22.2. The van der Waals surface area contributed by atoms with Crippen LogP contribution in [0.4, 0.5) is 5.82 Å². The number of aromatic nitrogens is 1. The fourth-order valence-electron chi connectivity index (χ4n) is 4.38. The van der Waals surface area contributed by atoms with Crippen LogP contribution in [0.2, 0.25) is 5.02 Å². The largest absolute Gasteiger partial charge is 0.354 e. The van der Waals surface area contributed by atoms with E-state index in [9.17, 15) is 9.59 Å². The summed E-state index contributed by atoms with van der Waals surface area (Å²) in [6.07, 6.45) is 2.05. The first-order chi connectivity index (χ1) is 14.8. The highest BCUT2D eigenvalue weighted by molar-refractivity contribution is 6.30. The first-order valence-corrected chi connectivity index (χ1v) is 10.7. The van der Waals surface area contributed by atoms with E-state index in [4.69, 9.17) is 16.9 Å². The summed E-state index contributed by atoms with van der Waals surface area (Å²) in [7, 11) is 0. The minimum Gasteiger partial charge on any atom is -0.354 e. The van der Waals surface area contributed by atoms with Crippen LogP contribution in [-0.2, 0) is 16.1 Å². The van der Waals surface area contributed by atoms with Gasteiger partial charge in [0, 0.05) is 30.4 Å². The second-order valence-corrected chi connectivity index (χ2v) is 8.79. The van der Waals surface area contributed by atoms with E-state index in [1.54, 1.807) is 34.1 Å². The summed E-state index contributed by atoms with van der Waals surface area (Å²) < 4.78 is 0. The predicted molar refractivity (Wildman–Crippen MR) is 117 cm³/mol. The SMILES string of the molecule is CC(C)N1CC(=O)N(Cc2ccc(Cl)cc2)C2(CCN(c3ccc(C#N)cn3)C2)C1=O. The number of amides is 2. The van der Waals surface area contributed by atoms with E-state index in [1.165, 1.54) is 6.20 Å². The molecule has 2 aromatic rings. The molecule has 3 heterocycles. The van der Waals surface area contributed by atoms with Gasteiger partial charge in [0.05, 0.1) is 12.1 Å². The van der Waals surface area contributed by atoms with Crippen molar-refractivity contribution in [3.63, 3.8) is 0 Å². The fourth-order valence-corrected chi connectivity index (χ4v) is 4.50. The molecule has 0 N–H and O–H groups in total. The van der Waals surface area contributed by atoms with Crippen LogP contribution in [0.5, 0.6) is 0 Å². The standard InChI is InChI=1S/C23H24ClN5O2/c1-16(2)28-14-21(30)29(13-17-3-6-19(24)7-4-17)23(22(28)31)9-10-27(15-23)20-8-5-18(11-25)12-26-20/h3-8,12,16H,9-10,13-15H2,1-2H3. The molecule has 7 nitrogen and oxygen atoms in total. The number of hydrogen-bond donors (Lipinski definition) is 0. The van der Waals surface area contributed by atoms with Gasteiger partial charge in [-0.1, -0.05) is 23.7 Å². The molecule has 160 valence electrons. The minimum absolute atomic E-state index is 0.0211. The van der Waals surface area contributed by atoms with Crippen molar-refractivity contribution in [1.29, 1.82) is 5.26 Å². The molecule has 1 aromatic carbocycles. The van der Waals surface area contributed by atoms with Crippen LogP contribution in [0.25, 0.3) is 0 Å². The molecule has 0 radical (unpaired) electrons. The smallest absolute Gasteiger partial charge is 0.251 e. The number of anilines is 1. The zero-order valence-electron chi connectivity index (χ0n) is 17.6. The molecule has 2 aliphatic heterocycles. The maximum atomic E-state index is 13.7. The molecule has 0 saturated carbocycles. The predicted octanol–water partition coefficient (Wildman–Crippen LogP) is 2.83. The molecule has 2 fully saturated rings. The third kappa shape index (κ3) is 3.84. The molecule has 31 heavy (non-hydrogen) atoms. The van der Waals surface area contributed by atoms with Gasteiger partial charge in [-0.25, -0.2) is 4.98 Å². The molecule has 8 heteroatoms. The summed E-state index contributed by atoms with van der Waals surface area (Å²) in [6, 6.07) is 12.9. The van der Waals surface area contributed by atoms with Crippen molar-refractivity contribution in [1.82, 2.24) is 14.8 Å². The number of pyridine rings is 1. The van der Waals surface area contributed by atoms with Gasteiger partial charge in [-0.2, -0.15) is 5.26 Å². The van der Waals surface area contributed by atoms with Crippen LogP contribution in [0.15, 0.2) is 42.6 Å². The van der Waals surface area contributed by atoms with Crippen LogP contribution >= 0.6 is 11.6 Å². The average Bonchev–Trinajstić information content (AvgIpc) is 3.21. The van der Waals surface area contributed by atoms with Gasteiger partial charge in [0.2, 0.25) is 5.91 Å². The van der Waals surface area contributed by atoms with Crippen LogP contribution in [0, 0.1) is 11.3 Å². The molecule has 1 aromatic heterocycles. The van der Waals surface area contributed by atoms with E-state index < -0.39 is 5.54 Å². The van der Waals surface area contributed by atoms with Gasteiger partial charge in [-0.3, -0.25) is 9.59 Å². The number of benzene rings is 1. The number of carbonyl (C=O) groups is 2. The molecule has 2 aliphatic rings. The third-order valence-electron chi connectivity index (χ3n) is 6.11. The lowest BCUT2D eigenvalue weighted by atomic mass is 9.89. The van der Waals surface area contributed by atoms with Gasteiger partial charge < -0.3 is 14.7 Å². The lowest BCUT2D eigenvalue weighted by Gasteiger charge is -2.48. The summed E-state index contributed by atoms with van der Waals surface area (Å²) in [5, 5.41) is 9.65. The quantitative estimate of drug-likeness (QED) is 0.734. The molecule has 1 spiro atoms. The highest BCUT2D eigenvalue weighted by atomic mass is 35.5. The molecule has 1 atom stereocenters. The van der Waals surface area contributed by atoms with Crippen molar-refractivity contribution in [2.45, 2.75) is 38.4 Å². The Labute approximate surface area is 186 Å². The molecule has 2 saturated heterocycles. The monoisotopic (exact) mass is 437 g/mol. The number of nitrogens with zero attached hydrogens (tertiary/aromatic N) is 5. The Balaban J connectivity index is 1.68. The maximum absolute atomic E-state index is 13.7. The van der Waals surface area contributed by atoms with E-state index in [0.29, 0.717) is 42.5 Å². The normalized spacial score (nSPS) is 21.3. The van der Waals surface area contributed by atoms with Gasteiger partial charge >= 0.3 is 0 Å². The lowest BCUT2D eigenvalue weighted by Crippen LogP contribution is -2.69. The van der Waals surface area contributed by atoms with Crippen LogP contribution in [0.3, 0.4) is 0 Å². The topological polar surface area (TPSA) is 80.5 Å². The zero-order valence-corrected chi connectivity index (χ0v) is 18.3. The Kier molecular flexibility index (Phi) is 5.59. The highest BCUT2D eigenvalue weighted by Crippen LogP contribution is 2.37. The van der Waals surface area contributed by atoms with E-state index in [1.807, 2.05) is 30.9 Å². The lowest BCUT2D eigenvalue weighted by molar-refractivity contribution is -0.166. The Morgan fingerprint density at radius 2 is 1.94 bits per heavy atom. The van der Waals surface area contributed by atoms with Gasteiger partial charge in [0.15, 0.2) is 0 Å². The molecule has 4 rings (SSSR count). The molecule has 1 unspecified atom stereocenters. The van der Waals surface area contributed by atoms with E-state index in [2.05, 4.69) is 11.1 Å². The summed E-state index contributed by atoms with van der Waals surface area (Å²) in [4.78, 5) is 36.8. The van der Waals surface area contributed by atoms with Crippen molar-refractivity contribution in [2.75, 3.05) is 24.5 Å². The molecule has 2 amide bonds. The van der Waals surface area contributed by atoms with Gasteiger partial charge in [-0.05, 0) is 50.1 Å². The minimum atomic E-state index is -0.950. The Hall–Kier alpha value is -3.11. The van der Waals surface area contributed by atoms with Gasteiger partial charge in [-0.15, -0.1) is 0 Å². The Bertz CT molecular complexity index is 1030. The molecular weight excluding hydrogens is 414 g/mol. The molecular formula is C23H24ClN5O2. The molecule has 0 bridgehead atoms. The van der Waals surface area contributed by atoms with E-state index >= 15 is 0 Å². The number of halogens is 1. The first-order valence-electron chi connectivity index (χ1n) is 10.3. The van der Waals surface area contributed by atoms with Crippen molar-refractivity contribution < 1.29 is 9.59 Å². The second-order valence-electron chi connectivity index (χ2n) is 8.35. The first kappa shape index (κ1) is 21.1. The maximum Gasteiger partial charge on any atom is 0.251 e. The van der Waals surface area contributed by atoms with Crippen molar-refractivity contribution in [3.8, 4) is 6.07 Å². The van der Waals surface area contributed by atoms with Gasteiger partial charge in [0.25, 0.3) is 5.91 Å². The number of carbonyl (C=O) groups excluding carboxylic acids is 2. The van der Waals surface area contributed by atoms with Crippen molar-refractivity contribution >= 4 is 29.2 Å². The van der Waals surface area contributed by atoms with Crippen LogP contribution < -0.4 is 4.90 Å². The van der Waals surface area contributed by atoms with Crippen molar-refractivity contribution in [2.24, 2.45) is 0 Å². The van der Waals surface area contributed by atoms with Gasteiger partial charge in [0.1, 0.15) is 24.0 Å². The number of rotatable bonds is 4. The van der Waals surface area contributed by atoms with Crippen molar-refractivity contribution in [3.05, 3.63) is 58.7 Å². The number of piperazine rings is 1. The van der Waals surface area contributed by atoms with Crippen LogP contribution in [0.1, 0.15) is 31.4 Å². The average molecular weight is 438 g/mol. The van der Waals surface area contributed by atoms with Crippen LogP contribution in [-0.4, -0.2) is 57.8 Å². The van der Waals surface area contributed by atoms with E-state index in [-0.39, 0.29) is 24.4 Å². The Morgan fingerprint density at radius 3 is 2.55 bits per heavy atom. The third-order valence-corrected chi connectivity index (χ3v) is 6.36. The second kappa shape index (κ2) is 8.20. The molecule has 0 aliphatic carbocycles. The number of nitriles is 1. The number of hydrogen-bond acceptors (Lipinski definition) is 5. The van der Waals surface area contributed by atoms with E-state index in [0.717, 1.165) is 5.56 Å². The highest BCUT2D eigenvalue weighted by Gasteiger charge is 2.56. The summed E-state index contributed by atoms with van der Waals surface area (Å²) in [5.41, 5.74) is 0.462. The fraction of sp³-hybridized carbons (Fsp3) is 0.391. The summed E-state index contributed by atoms with van der Waals surface area (Å²) in [5.74, 6) is 0.620. The summed E-state index contributed by atoms with van der Waals surface area (Å²) in [6.45, 7) is 5.27. The summed E-state index contributed by atoms with van der Waals surface area (Å²) >= 11 is 6.01.